The van der Waals surface area contributed by atoms with Crippen molar-refractivity contribution in [3.05, 3.63) is 0 Å². The maximum atomic E-state index is 11.4. The molecule has 3 N–H and O–H groups in total. The molecule has 0 saturated carbocycles. The molecule has 0 bridgehead atoms. The second kappa shape index (κ2) is 7.80. The molecule has 0 aliphatic rings. The van der Waals surface area contributed by atoms with Gasteiger partial charge in [0.25, 0.3) is 0 Å². The Bertz CT molecular complexity index is 157. The molecule has 14 heavy (non-hydrogen) atoms. The van der Waals surface area contributed by atoms with Crippen molar-refractivity contribution in [3.63, 3.8) is 0 Å². The van der Waals surface area contributed by atoms with E-state index in [0.717, 1.165) is 13.0 Å². The molecule has 0 spiro atoms. The third-order valence-corrected chi connectivity index (χ3v) is 2.35. The Morgan fingerprint density at radius 1 is 1.29 bits per heavy atom. The van der Waals surface area contributed by atoms with Crippen molar-refractivity contribution < 1.29 is 4.79 Å². The fraction of sp³-hybridized carbons (Fsp3) is 0.909. The van der Waals surface area contributed by atoms with Crippen LogP contribution in [0.15, 0.2) is 0 Å². The quantitative estimate of drug-likeness (QED) is 0.614. The molecule has 0 radical (unpaired) electrons. The summed E-state index contributed by atoms with van der Waals surface area (Å²) in [5, 5.41) is 2.86. The summed E-state index contributed by atoms with van der Waals surface area (Å²) in [6.45, 7) is 6.86. The van der Waals surface area contributed by atoms with Crippen LogP contribution in [0.25, 0.3) is 0 Å². The van der Waals surface area contributed by atoms with Crippen LogP contribution in [0.5, 0.6) is 0 Å². The van der Waals surface area contributed by atoms with E-state index in [1.54, 1.807) is 0 Å². The minimum Gasteiger partial charge on any atom is -0.355 e. The Kier molecular flexibility index (Phi) is 7.48. The average molecular weight is 200 g/mol. The lowest BCUT2D eigenvalue weighted by Gasteiger charge is -2.15. The zero-order valence-corrected chi connectivity index (χ0v) is 9.68. The van der Waals surface area contributed by atoms with Gasteiger partial charge in [-0.05, 0) is 12.3 Å². The molecule has 84 valence electrons. The Hall–Kier alpha value is -0.570. The van der Waals surface area contributed by atoms with Crippen LogP contribution in [0.2, 0.25) is 0 Å². The summed E-state index contributed by atoms with van der Waals surface area (Å²) in [5.74, 6) is 0.196. The molecule has 0 unspecified atom stereocenters. The van der Waals surface area contributed by atoms with Gasteiger partial charge in [-0.3, -0.25) is 4.79 Å². The molecule has 0 aromatic heterocycles. The van der Waals surface area contributed by atoms with E-state index in [0.29, 0.717) is 0 Å². The molecular formula is C11H24N2O. The molecule has 0 aromatic rings. The molecule has 0 aromatic carbocycles. The minimum atomic E-state index is -0.360. The van der Waals surface area contributed by atoms with Crippen LogP contribution >= 0.6 is 0 Å². The summed E-state index contributed by atoms with van der Waals surface area (Å²) < 4.78 is 0. The number of carbonyl (C=O) groups excluding carboxylic acids is 1. The molecule has 0 aliphatic heterocycles. The van der Waals surface area contributed by atoms with Gasteiger partial charge >= 0.3 is 0 Å². The molecule has 3 nitrogen and oxygen atoms in total. The van der Waals surface area contributed by atoms with E-state index >= 15 is 0 Å². The summed E-state index contributed by atoms with van der Waals surface area (Å²) in [6.07, 6.45) is 4.71. The lowest BCUT2D eigenvalue weighted by molar-refractivity contribution is -0.123. The van der Waals surface area contributed by atoms with Crippen molar-refractivity contribution in [1.29, 1.82) is 0 Å². The third-order valence-electron chi connectivity index (χ3n) is 2.35. The zero-order chi connectivity index (χ0) is 11.0. The van der Waals surface area contributed by atoms with E-state index in [-0.39, 0.29) is 17.9 Å². The minimum absolute atomic E-state index is 0.0171. The highest BCUT2D eigenvalue weighted by Gasteiger charge is 2.15. The lowest BCUT2D eigenvalue weighted by Crippen LogP contribution is -2.44. The van der Waals surface area contributed by atoms with Gasteiger partial charge in [-0.15, -0.1) is 0 Å². The smallest absolute Gasteiger partial charge is 0.237 e. The molecule has 0 aliphatic carbocycles. The molecule has 0 heterocycles. The van der Waals surface area contributed by atoms with Gasteiger partial charge in [0.05, 0.1) is 6.04 Å². The number of hydrogen-bond acceptors (Lipinski definition) is 2. The summed E-state index contributed by atoms with van der Waals surface area (Å²) in [7, 11) is 0. The fourth-order valence-electron chi connectivity index (χ4n) is 1.18. The first-order valence-corrected chi connectivity index (χ1v) is 5.62. The van der Waals surface area contributed by atoms with Crippen molar-refractivity contribution in [3.8, 4) is 0 Å². The van der Waals surface area contributed by atoms with Gasteiger partial charge in [0, 0.05) is 6.54 Å². The Balaban J connectivity index is 3.44. The van der Waals surface area contributed by atoms with E-state index in [9.17, 15) is 4.79 Å². The number of carbonyl (C=O) groups is 1. The van der Waals surface area contributed by atoms with E-state index < -0.39 is 0 Å². The van der Waals surface area contributed by atoms with E-state index in [4.69, 9.17) is 5.73 Å². The number of unbranched alkanes of at least 4 members (excludes halogenated alkanes) is 3. The summed E-state index contributed by atoms with van der Waals surface area (Å²) in [6, 6.07) is -0.360. The first kappa shape index (κ1) is 13.4. The second-order valence-corrected chi connectivity index (χ2v) is 4.12. The van der Waals surface area contributed by atoms with Crippen molar-refractivity contribution >= 4 is 5.91 Å². The van der Waals surface area contributed by atoms with E-state index in [1.807, 2.05) is 13.8 Å². The van der Waals surface area contributed by atoms with Gasteiger partial charge in [-0.25, -0.2) is 0 Å². The number of amides is 1. The Labute approximate surface area is 87.4 Å². The summed E-state index contributed by atoms with van der Waals surface area (Å²) >= 11 is 0. The molecular weight excluding hydrogens is 176 g/mol. The highest BCUT2D eigenvalue weighted by molar-refractivity contribution is 5.81. The van der Waals surface area contributed by atoms with Crippen LogP contribution in [-0.2, 0) is 4.79 Å². The van der Waals surface area contributed by atoms with Crippen LogP contribution in [0.4, 0.5) is 0 Å². The third kappa shape index (κ3) is 5.97. The van der Waals surface area contributed by atoms with Crippen molar-refractivity contribution in [2.24, 2.45) is 11.7 Å². The standard InChI is InChI=1S/C11H24N2O/c1-4-5-6-7-8-13-11(14)10(12)9(2)3/h9-10H,4-8,12H2,1-3H3,(H,13,14)/t10-/m0/s1. The first-order chi connectivity index (χ1) is 6.59. The first-order valence-electron chi connectivity index (χ1n) is 5.62. The fourth-order valence-corrected chi connectivity index (χ4v) is 1.18. The predicted octanol–water partition coefficient (Wildman–Crippen LogP) is 1.67. The van der Waals surface area contributed by atoms with Gasteiger partial charge in [0.15, 0.2) is 0 Å². The van der Waals surface area contributed by atoms with Crippen molar-refractivity contribution in [1.82, 2.24) is 5.32 Å². The van der Waals surface area contributed by atoms with Crippen molar-refractivity contribution in [2.75, 3.05) is 6.54 Å². The summed E-state index contributed by atoms with van der Waals surface area (Å²) in [4.78, 5) is 11.4. The number of rotatable bonds is 7. The van der Waals surface area contributed by atoms with Crippen LogP contribution in [0.3, 0.4) is 0 Å². The van der Waals surface area contributed by atoms with Crippen LogP contribution in [0.1, 0.15) is 46.5 Å². The molecule has 0 saturated heterocycles. The SMILES string of the molecule is CCCCCCNC(=O)[C@@H](N)C(C)C. The number of hydrogen-bond donors (Lipinski definition) is 2. The Morgan fingerprint density at radius 2 is 1.93 bits per heavy atom. The largest absolute Gasteiger partial charge is 0.355 e. The summed E-state index contributed by atoms with van der Waals surface area (Å²) in [5.41, 5.74) is 5.69. The highest BCUT2D eigenvalue weighted by Crippen LogP contribution is 1.99. The normalized spacial score (nSPS) is 12.9. The molecule has 0 rings (SSSR count). The number of nitrogens with one attached hydrogen (secondary N) is 1. The second-order valence-electron chi connectivity index (χ2n) is 4.12. The van der Waals surface area contributed by atoms with Crippen LogP contribution in [-0.4, -0.2) is 18.5 Å². The zero-order valence-electron chi connectivity index (χ0n) is 9.68. The van der Waals surface area contributed by atoms with Gasteiger partial charge in [-0.1, -0.05) is 40.0 Å². The maximum Gasteiger partial charge on any atom is 0.237 e. The number of nitrogens with two attached hydrogens (primary N) is 1. The molecule has 0 fully saturated rings. The van der Waals surface area contributed by atoms with Gasteiger partial charge in [-0.2, -0.15) is 0 Å². The van der Waals surface area contributed by atoms with Crippen molar-refractivity contribution in [2.45, 2.75) is 52.5 Å². The average Bonchev–Trinajstić information content (AvgIpc) is 2.16. The maximum absolute atomic E-state index is 11.4. The lowest BCUT2D eigenvalue weighted by atomic mass is 10.1. The predicted molar refractivity (Wildman–Crippen MR) is 60.0 cm³/mol. The van der Waals surface area contributed by atoms with Crippen LogP contribution < -0.4 is 11.1 Å². The van der Waals surface area contributed by atoms with E-state index in [1.165, 1.54) is 19.3 Å². The Morgan fingerprint density at radius 3 is 2.43 bits per heavy atom. The van der Waals surface area contributed by atoms with Gasteiger partial charge < -0.3 is 11.1 Å². The molecule has 1 amide bonds. The molecule has 1 atom stereocenters. The molecule has 3 heteroatoms. The van der Waals surface area contributed by atoms with Gasteiger partial charge in [0.1, 0.15) is 0 Å². The van der Waals surface area contributed by atoms with E-state index in [2.05, 4.69) is 12.2 Å². The van der Waals surface area contributed by atoms with Gasteiger partial charge in [0.2, 0.25) is 5.91 Å². The topological polar surface area (TPSA) is 55.1 Å². The monoisotopic (exact) mass is 200 g/mol. The highest BCUT2D eigenvalue weighted by atomic mass is 16.2. The van der Waals surface area contributed by atoms with Crippen LogP contribution in [0, 0.1) is 5.92 Å².